The molecule has 2 saturated heterocycles. The first-order chi connectivity index (χ1) is 10.8. The molecule has 0 spiro atoms. The van der Waals surface area contributed by atoms with Gasteiger partial charge in [0.25, 0.3) is 0 Å². The van der Waals surface area contributed by atoms with Crippen molar-refractivity contribution in [3.8, 4) is 0 Å². The summed E-state index contributed by atoms with van der Waals surface area (Å²) in [5.41, 5.74) is -1.55. The Balaban J connectivity index is 2.25. The first kappa shape index (κ1) is 20.0. The number of hydrogen-bond donors (Lipinski definition) is 0. The molecule has 0 radical (unpaired) electrons. The molecule has 0 atom stereocenters. The summed E-state index contributed by atoms with van der Waals surface area (Å²) in [7, 11) is -0.754. The summed E-state index contributed by atoms with van der Waals surface area (Å²) >= 11 is 0. The van der Waals surface area contributed by atoms with Gasteiger partial charge in [0.05, 0.1) is 22.4 Å². The molecule has 24 heavy (non-hydrogen) atoms. The lowest BCUT2D eigenvalue weighted by Crippen LogP contribution is -2.41. The third-order valence-corrected chi connectivity index (χ3v) is 5.99. The predicted octanol–water partition coefficient (Wildman–Crippen LogP) is 4.44. The number of hydrogen-bond acceptors (Lipinski definition) is 4. The van der Waals surface area contributed by atoms with E-state index in [1.54, 1.807) is 0 Å². The Kier molecular flexibility index (Phi) is 5.39. The second-order valence-corrected chi connectivity index (χ2v) is 9.04. The van der Waals surface area contributed by atoms with Crippen molar-refractivity contribution in [2.24, 2.45) is 0 Å². The lowest BCUT2D eigenvalue weighted by Gasteiger charge is -2.32. The zero-order valence-electron chi connectivity index (χ0n) is 16.9. The zero-order chi connectivity index (χ0) is 18.4. The SMILES string of the molecule is CCC/C=C/C(B1OC(C)(C)C(C)(C)O1)B1OC(C)(C)C(C)(C)O1. The van der Waals surface area contributed by atoms with Crippen LogP contribution in [0.5, 0.6) is 0 Å². The van der Waals surface area contributed by atoms with Crippen LogP contribution < -0.4 is 0 Å². The standard InChI is InChI=1S/C18H34B2O4/c1-10-11-12-13-14(19-21-15(2,3)16(4,5)22-19)20-23-17(6,7)18(8,9)24-20/h12-14H,10-11H2,1-9H3/b13-12+. The fraction of sp³-hybridized carbons (Fsp3) is 0.889. The minimum Gasteiger partial charge on any atom is -0.403 e. The molecule has 0 aromatic carbocycles. The van der Waals surface area contributed by atoms with E-state index in [0.29, 0.717) is 0 Å². The van der Waals surface area contributed by atoms with E-state index in [-0.39, 0.29) is 42.4 Å². The molecular weight excluding hydrogens is 302 g/mol. The minimum atomic E-state index is -0.377. The van der Waals surface area contributed by atoms with Crippen LogP contribution in [0.15, 0.2) is 12.2 Å². The fourth-order valence-electron chi connectivity index (χ4n) is 2.82. The first-order valence-electron chi connectivity index (χ1n) is 9.21. The Hall–Kier alpha value is -0.290. The van der Waals surface area contributed by atoms with Crippen molar-refractivity contribution in [1.82, 2.24) is 0 Å². The maximum Gasteiger partial charge on any atom is 0.462 e. The Morgan fingerprint density at radius 2 is 1.04 bits per heavy atom. The van der Waals surface area contributed by atoms with Crippen molar-refractivity contribution in [3.63, 3.8) is 0 Å². The van der Waals surface area contributed by atoms with Crippen molar-refractivity contribution in [2.75, 3.05) is 0 Å². The van der Waals surface area contributed by atoms with E-state index in [1.807, 2.05) is 0 Å². The number of rotatable bonds is 5. The van der Waals surface area contributed by atoms with E-state index < -0.39 is 0 Å². The topological polar surface area (TPSA) is 36.9 Å². The van der Waals surface area contributed by atoms with Gasteiger partial charge in [-0.05, 0) is 61.8 Å². The van der Waals surface area contributed by atoms with Gasteiger partial charge in [-0.25, -0.2) is 0 Å². The second-order valence-electron chi connectivity index (χ2n) is 9.04. The summed E-state index contributed by atoms with van der Waals surface area (Å²) in [6, 6.07) is 0. The van der Waals surface area contributed by atoms with E-state index in [1.165, 1.54) is 0 Å². The van der Waals surface area contributed by atoms with E-state index in [4.69, 9.17) is 18.6 Å². The smallest absolute Gasteiger partial charge is 0.403 e. The van der Waals surface area contributed by atoms with E-state index in [9.17, 15) is 0 Å². The van der Waals surface area contributed by atoms with Gasteiger partial charge in [0, 0.05) is 5.72 Å². The quantitative estimate of drug-likeness (QED) is 0.550. The summed E-state index contributed by atoms with van der Waals surface area (Å²) in [5, 5.41) is 0. The van der Waals surface area contributed by atoms with Crippen LogP contribution in [0.2, 0.25) is 5.72 Å². The highest BCUT2D eigenvalue weighted by molar-refractivity contribution is 6.69. The van der Waals surface area contributed by atoms with Crippen LogP contribution in [0.4, 0.5) is 0 Å². The van der Waals surface area contributed by atoms with Crippen molar-refractivity contribution >= 4 is 14.2 Å². The molecule has 0 aliphatic carbocycles. The average molecular weight is 336 g/mol. The minimum absolute atomic E-state index is 0.0985. The summed E-state index contributed by atoms with van der Waals surface area (Å²) < 4.78 is 25.1. The molecule has 0 aromatic heterocycles. The molecule has 0 saturated carbocycles. The van der Waals surface area contributed by atoms with Gasteiger partial charge in [-0.15, -0.1) is 0 Å². The lowest BCUT2D eigenvalue weighted by atomic mass is 9.51. The molecule has 0 aromatic rings. The average Bonchev–Trinajstić information content (AvgIpc) is 2.74. The van der Waals surface area contributed by atoms with Gasteiger partial charge in [-0.1, -0.05) is 25.5 Å². The third kappa shape index (κ3) is 3.62. The molecule has 0 unspecified atom stereocenters. The summed E-state index contributed by atoms with van der Waals surface area (Å²) in [4.78, 5) is 0. The highest BCUT2D eigenvalue weighted by Crippen LogP contribution is 2.45. The summed E-state index contributed by atoms with van der Waals surface area (Å²) in [5.74, 6) is 0. The Morgan fingerprint density at radius 3 is 1.33 bits per heavy atom. The summed E-state index contributed by atoms with van der Waals surface area (Å²) in [6.07, 6.45) is 6.46. The maximum atomic E-state index is 6.27. The molecule has 4 nitrogen and oxygen atoms in total. The summed E-state index contributed by atoms with van der Waals surface area (Å²) in [6.45, 7) is 18.8. The van der Waals surface area contributed by atoms with E-state index >= 15 is 0 Å². The molecule has 2 rings (SSSR count). The normalized spacial score (nSPS) is 27.6. The molecule has 2 aliphatic heterocycles. The van der Waals surface area contributed by atoms with Crippen molar-refractivity contribution < 1.29 is 18.6 Å². The number of allylic oxidation sites excluding steroid dienone is 2. The van der Waals surface area contributed by atoms with Gasteiger partial charge in [0.1, 0.15) is 0 Å². The molecule has 6 heteroatoms. The molecule has 0 amide bonds. The zero-order valence-corrected chi connectivity index (χ0v) is 16.9. The number of unbranched alkanes of at least 4 members (excludes halogenated alkanes) is 1. The molecule has 2 fully saturated rings. The molecule has 2 heterocycles. The van der Waals surface area contributed by atoms with Gasteiger partial charge >= 0.3 is 14.2 Å². The van der Waals surface area contributed by atoms with Gasteiger partial charge in [0.15, 0.2) is 0 Å². The second kappa shape index (κ2) is 6.46. The van der Waals surface area contributed by atoms with Gasteiger partial charge in [0.2, 0.25) is 0 Å². The van der Waals surface area contributed by atoms with Gasteiger partial charge < -0.3 is 18.6 Å². The highest BCUT2D eigenvalue weighted by Gasteiger charge is 2.61. The molecule has 0 N–H and O–H groups in total. The van der Waals surface area contributed by atoms with Crippen LogP contribution in [-0.2, 0) is 18.6 Å². The van der Waals surface area contributed by atoms with Gasteiger partial charge in [-0.3, -0.25) is 0 Å². The Morgan fingerprint density at radius 1 is 0.708 bits per heavy atom. The highest BCUT2D eigenvalue weighted by atomic mass is 16.7. The van der Waals surface area contributed by atoms with Crippen LogP contribution in [-0.4, -0.2) is 36.6 Å². The monoisotopic (exact) mass is 336 g/mol. The molecular formula is C18H34B2O4. The van der Waals surface area contributed by atoms with Crippen LogP contribution >= 0.6 is 0 Å². The fourth-order valence-corrected chi connectivity index (χ4v) is 2.82. The predicted molar refractivity (Wildman–Crippen MR) is 100.0 cm³/mol. The van der Waals surface area contributed by atoms with Crippen molar-refractivity contribution in [3.05, 3.63) is 12.2 Å². The lowest BCUT2D eigenvalue weighted by molar-refractivity contribution is 0.00578. The van der Waals surface area contributed by atoms with Gasteiger partial charge in [-0.2, -0.15) is 0 Å². The van der Waals surface area contributed by atoms with Crippen LogP contribution in [0.3, 0.4) is 0 Å². The Bertz CT molecular complexity index is 417. The van der Waals surface area contributed by atoms with Crippen molar-refractivity contribution in [1.29, 1.82) is 0 Å². The molecule has 136 valence electrons. The Labute approximate surface area is 148 Å². The van der Waals surface area contributed by atoms with E-state index in [0.717, 1.165) is 12.8 Å². The first-order valence-corrected chi connectivity index (χ1v) is 9.21. The van der Waals surface area contributed by atoms with E-state index in [2.05, 4.69) is 74.5 Å². The van der Waals surface area contributed by atoms with Crippen LogP contribution in [0.1, 0.15) is 75.2 Å². The maximum absolute atomic E-state index is 6.27. The van der Waals surface area contributed by atoms with Crippen LogP contribution in [0.25, 0.3) is 0 Å². The third-order valence-electron chi connectivity index (χ3n) is 5.99. The van der Waals surface area contributed by atoms with Crippen LogP contribution in [0, 0.1) is 0 Å². The largest absolute Gasteiger partial charge is 0.462 e. The van der Waals surface area contributed by atoms with Crippen molar-refractivity contribution in [2.45, 2.75) is 103 Å². The molecule has 0 bridgehead atoms. The molecule has 2 aliphatic rings.